The van der Waals surface area contributed by atoms with Crippen LogP contribution < -0.4 is 5.73 Å². The lowest BCUT2D eigenvalue weighted by atomic mass is 10.1. The highest BCUT2D eigenvalue weighted by Gasteiger charge is 2.13. The number of nitrogens with zero attached hydrogens (tertiary/aromatic N) is 2. The third-order valence-electron chi connectivity index (χ3n) is 3.53. The van der Waals surface area contributed by atoms with E-state index in [0.717, 1.165) is 40.2 Å². The maximum Gasteiger partial charge on any atom is 0.141 e. The van der Waals surface area contributed by atoms with Gasteiger partial charge in [0.1, 0.15) is 5.82 Å². The third-order valence-corrected chi connectivity index (χ3v) is 3.76. The second-order valence-corrected chi connectivity index (χ2v) is 5.32. The molecule has 20 heavy (non-hydrogen) atoms. The first kappa shape index (κ1) is 13.0. The number of imidazole rings is 1. The van der Waals surface area contributed by atoms with E-state index in [0.29, 0.717) is 5.02 Å². The SMILES string of the molecule is CCn1c(-c2cc(N)ccc2C)nc2cc(Cl)ccc21. The highest BCUT2D eigenvalue weighted by molar-refractivity contribution is 6.31. The summed E-state index contributed by atoms with van der Waals surface area (Å²) in [5.41, 5.74) is 10.9. The van der Waals surface area contributed by atoms with Crippen molar-refractivity contribution < 1.29 is 0 Å². The van der Waals surface area contributed by atoms with Crippen LogP contribution in [-0.2, 0) is 6.54 Å². The number of aryl methyl sites for hydroxylation is 2. The molecule has 0 aliphatic carbocycles. The first-order chi connectivity index (χ1) is 9.60. The zero-order valence-corrected chi connectivity index (χ0v) is 12.3. The predicted molar refractivity (Wildman–Crippen MR) is 85.0 cm³/mol. The number of benzene rings is 2. The number of halogens is 1. The molecule has 0 bridgehead atoms. The Kier molecular flexibility index (Phi) is 3.14. The van der Waals surface area contributed by atoms with Crippen molar-refractivity contribution in [3.8, 4) is 11.4 Å². The summed E-state index contributed by atoms with van der Waals surface area (Å²) in [5, 5.41) is 0.703. The minimum atomic E-state index is 0.703. The van der Waals surface area contributed by atoms with E-state index in [9.17, 15) is 0 Å². The lowest BCUT2D eigenvalue weighted by Gasteiger charge is -2.09. The second kappa shape index (κ2) is 4.84. The lowest BCUT2D eigenvalue weighted by Crippen LogP contribution is -1.99. The standard InChI is InChI=1S/C16H16ClN3/c1-3-20-15-7-5-11(17)8-14(15)19-16(20)13-9-12(18)6-4-10(13)2/h4-9H,3,18H2,1-2H3. The fourth-order valence-corrected chi connectivity index (χ4v) is 2.68. The van der Waals surface area contributed by atoms with Gasteiger partial charge in [-0.25, -0.2) is 4.98 Å². The molecule has 2 aromatic carbocycles. The van der Waals surface area contributed by atoms with Crippen LogP contribution in [0, 0.1) is 6.92 Å². The molecule has 3 rings (SSSR count). The molecule has 4 heteroatoms. The molecule has 0 spiro atoms. The fraction of sp³-hybridized carbons (Fsp3) is 0.188. The average molecular weight is 286 g/mol. The number of hydrogen-bond acceptors (Lipinski definition) is 2. The van der Waals surface area contributed by atoms with Gasteiger partial charge in [-0.15, -0.1) is 0 Å². The summed E-state index contributed by atoms with van der Waals surface area (Å²) in [6.45, 7) is 5.03. The number of nitrogen functional groups attached to an aromatic ring is 1. The van der Waals surface area contributed by atoms with Crippen molar-refractivity contribution in [1.29, 1.82) is 0 Å². The molecule has 102 valence electrons. The quantitative estimate of drug-likeness (QED) is 0.715. The van der Waals surface area contributed by atoms with Gasteiger partial charge in [0.05, 0.1) is 11.0 Å². The molecule has 0 atom stereocenters. The van der Waals surface area contributed by atoms with Gasteiger partial charge in [0.25, 0.3) is 0 Å². The molecule has 2 N–H and O–H groups in total. The minimum Gasteiger partial charge on any atom is -0.399 e. The summed E-state index contributed by atoms with van der Waals surface area (Å²) in [4.78, 5) is 4.74. The molecule has 3 aromatic rings. The van der Waals surface area contributed by atoms with E-state index in [1.807, 2.05) is 36.4 Å². The molecule has 0 unspecified atom stereocenters. The summed E-state index contributed by atoms with van der Waals surface area (Å²) >= 11 is 6.06. The van der Waals surface area contributed by atoms with Gasteiger partial charge in [0.15, 0.2) is 0 Å². The zero-order valence-electron chi connectivity index (χ0n) is 11.5. The van der Waals surface area contributed by atoms with Gasteiger partial charge >= 0.3 is 0 Å². The maximum atomic E-state index is 6.06. The van der Waals surface area contributed by atoms with Gasteiger partial charge in [-0.1, -0.05) is 17.7 Å². The molecule has 1 aromatic heterocycles. The number of hydrogen-bond donors (Lipinski definition) is 1. The monoisotopic (exact) mass is 285 g/mol. The van der Waals surface area contributed by atoms with Gasteiger partial charge in [-0.2, -0.15) is 0 Å². The maximum absolute atomic E-state index is 6.06. The molecule has 0 fully saturated rings. The Morgan fingerprint density at radius 3 is 2.75 bits per heavy atom. The first-order valence-corrected chi connectivity index (χ1v) is 7.00. The van der Waals surface area contributed by atoms with Gasteiger partial charge in [0.2, 0.25) is 0 Å². The van der Waals surface area contributed by atoms with E-state index in [1.165, 1.54) is 0 Å². The Morgan fingerprint density at radius 1 is 1.20 bits per heavy atom. The van der Waals surface area contributed by atoms with Crippen LogP contribution in [0.2, 0.25) is 5.02 Å². The Bertz CT molecular complexity index is 790. The molecule has 0 aliphatic heterocycles. The number of nitrogens with two attached hydrogens (primary N) is 1. The van der Waals surface area contributed by atoms with E-state index >= 15 is 0 Å². The van der Waals surface area contributed by atoms with Crippen molar-refractivity contribution in [1.82, 2.24) is 9.55 Å². The topological polar surface area (TPSA) is 43.8 Å². The molecule has 0 saturated heterocycles. The summed E-state index contributed by atoms with van der Waals surface area (Å²) in [7, 11) is 0. The molecule has 0 radical (unpaired) electrons. The van der Waals surface area contributed by atoms with Crippen LogP contribution in [-0.4, -0.2) is 9.55 Å². The molecule has 0 amide bonds. The second-order valence-electron chi connectivity index (χ2n) is 4.89. The molecular formula is C16H16ClN3. The Morgan fingerprint density at radius 2 is 2.00 bits per heavy atom. The normalized spacial score (nSPS) is 11.2. The van der Waals surface area contributed by atoms with Crippen LogP contribution in [0.4, 0.5) is 5.69 Å². The van der Waals surface area contributed by atoms with Crippen LogP contribution in [0.3, 0.4) is 0 Å². The van der Waals surface area contributed by atoms with Crippen molar-refractivity contribution in [2.45, 2.75) is 20.4 Å². The van der Waals surface area contributed by atoms with Crippen LogP contribution in [0.5, 0.6) is 0 Å². The van der Waals surface area contributed by atoms with Crippen molar-refractivity contribution in [2.75, 3.05) is 5.73 Å². The largest absolute Gasteiger partial charge is 0.399 e. The summed E-state index contributed by atoms with van der Waals surface area (Å²) in [6, 6.07) is 11.7. The van der Waals surface area contributed by atoms with Crippen LogP contribution in [0.1, 0.15) is 12.5 Å². The molecule has 1 heterocycles. The first-order valence-electron chi connectivity index (χ1n) is 6.62. The van der Waals surface area contributed by atoms with E-state index in [1.54, 1.807) is 0 Å². The van der Waals surface area contributed by atoms with E-state index < -0.39 is 0 Å². The van der Waals surface area contributed by atoms with E-state index in [-0.39, 0.29) is 0 Å². The van der Waals surface area contributed by atoms with E-state index in [2.05, 4.69) is 18.4 Å². The highest BCUT2D eigenvalue weighted by Crippen LogP contribution is 2.29. The van der Waals surface area contributed by atoms with Gasteiger partial charge < -0.3 is 10.3 Å². The number of aromatic nitrogens is 2. The Hall–Kier alpha value is -2.00. The number of fused-ring (bicyclic) bond motifs is 1. The summed E-state index contributed by atoms with van der Waals surface area (Å²) in [5.74, 6) is 0.939. The average Bonchev–Trinajstić information content (AvgIpc) is 2.78. The van der Waals surface area contributed by atoms with Crippen molar-refractivity contribution in [2.24, 2.45) is 0 Å². The molecule has 3 nitrogen and oxygen atoms in total. The Labute approximate surface area is 123 Å². The van der Waals surface area contributed by atoms with Crippen LogP contribution in [0.25, 0.3) is 22.4 Å². The summed E-state index contributed by atoms with van der Waals surface area (Å²) in [6.07, 6.45) is 0. The molecule has 0 aliphatic rings. The van der Waals surface area contributed by atoms with Gasteiger partial charge in [0, 0.05) is 22.8 Å². The highest BCUT2D eigenvalue weighted by atomic mass is 35.5. The smallest absolute Gasteiger partial charge is 0.141 e. The minimum absolute atomic E-state index is 0.703. The van der Waals surface area contributed by atoms with Gasteiger partial charge in [-0.05, 0) is 49.7 Å². The molecular weight excluding hydrogens is 270 g/mol. The van der Waals surface area contributed by atoms with Crippen LogP contribution in [0.15, 0.2) is 36.4 Å². The van der Waals surface area contributed by atoms with Crippen LogP contribution >= 0.6 is 11.6 Å². The zero-order chi connectivity index (χ0) is 14.3. The predicted octanol–water partition coefficient (Wildman–Crippen LogP) is 4.27. The Balaban J connectivity index is 2.32. The molecule has 0 saturated carbocycles. The third kappa shape index (κ3) is 2.04. The number of anilines is 1. The summed E-state index contributed by atoms with van der Waals surface area (Å²) < 4.78 is 2.19. The van der Waals surface area contributed by atoms with Crippen molar-refractivity contribution in [3.05, 3.63) is 47.0 Å². The number of rotatable bonds is 2. The van der Waals surface area contributed by atoms with Gasteiger partial charge in [-0.3, -0.25) is 0 Å². The van der Waals surface area contributed by atoms with Crippen molar-refractivity contribution >= 4 is 28.3 Å². The fourth-order valence-electron chi connectivity index (χ4n) is 2.51. The van der Waals surface area contributed by atoms with Crippen molar-refractivity contribution in [3.63, 3.8) is 0 Å². The van der Waals surface area contributed by atoms with E-state index in [4.69, 9.17) is 22.3 Å². The lowest BCUT2D eigenvalue weighted by molar-refractivity contribution is 0.796.